The van der Waals surface area contributed by atoms with Crippen LogP contribution in [-0.2, 0) is 9.53 Å². The molecule has 0 amide bonds. The monoisotopic (exact) mass is 244 g/mol. The molecule has 0 atom stereocenters. The average molecular weight is 244 g/mol. The molecule has 96 valence electrons. The standard InChI is InChI=1S/C13H28O2Si/c1-5-6-7-8-9-10-11-15-13(14)12-16(2,3)4/h5-12H2,1-4H3. The van der Waals surface area contributed by atoms with E-state index >= 15 is 0 Å². The Balaban J connectivity index is 3.28. The van der Waals surface area contributed by atoms with Gasteiger partial charge in [0.15, 0.2) is 0 Å². The van der Waals surface area contributed by atoms with Crippen LogP contribution in [0.25, 0.3) is 0 Å². The maximum Gasteiger partial charge on any atom is 0.303 e. The summed E-state index contributed by atoms with van der Waals surface area (Å²) in [4.78, 5) is 11.4. The minimum absolute atomic E-state index is 0.00715. The molecule has 0 saturated heterocycles. The van der Waals surface area contributed by atoms with E-state index in [2.05, 4.69) is 26.6 Å². The highest BCUT2D eigenvalue weighted by Crippen LogP contribution is 2.10. The lowest BCUT2D eigenvalue weighted by molar-refractivity contribution is -0.141. The van der Waals surface area contributed by atoms with Crippen LogP contribution < -0.4 is 0 Å². The number of hydrogen-bond acceptors (Lipinski definition) is 2. The maximum atomic E-state index is 11.4. The number of esters is 1. The zero-order chi connectivity index (χ0) is 12.4. The first-order valence-corrected chi connectivity index (χ1v) is 10.3. The molecule has 0 spiro atoms. The summed E-state index contributed by atoms with van der Waals surface area (Å²) in [6.07, 6.45) is 7.43. The van der Waals surface area contributed by atoms with Gasteiger partial charge in [-0.05, 0) is 6.42 Å². The van der Waals surface area contributed by atoms with E-state index in [1.807, 2.05) is 0 Å². The summed E-state index contributed by atoms with van der Waals surface area (Å²) >= 11 is 0. The smallest absolute Gasteiger partial charge is 0.303 e. The molecule has 0 aliphatic carbocycles. The van der Waals surface area contributed by atoms with Crippen LogP contribution in [0.4, 0.5) is 0 Å². The second-order valence-corrected chi connectivity index (χ2v) is 11.2. The Morgan fingerprint density at radius 3 is 2.12 bits per heavy atom. The Morgan fingerprint density at radius 1 is 1.00 bits per heavy atom. The van der Waals surface area contributed by atoms with E-state index in [9.17, 15) is 4.79 Å². The van der Waals surface area contributed by atoms with Crippen LogP contribution in [0.15, 0.2) is 0 Å². The predicted octanol–water partition coefficient (Wildman–Crippen LogP) is 4.23. The fourth-order valence-electron chi connectivity index (χ4n) is 1.55. The molecule has 0 aliphatic heterocycles. The number of hydrogen-bond donors (Lipinski definition) is 0. The van der Waals surface area contributed by atoms with Crippen LogP contribution in [0.2, 0.25) is 25.7 Å². The summed E-state index contributed by atoms with van der Waals surface area (Å²) in [5, 5.41) is 0. The highest BCUT2D eigenvalue weighted by molar-refractivity contribution is 6.78. The molecule has 0 aromatic heterocycles. The van der Waals surface area contributed by atoms with E-state index < -0.39 is 8.07 Å². The molecular formula is C13H28O2Si. The van der Waals surface area contributed by atoms with Crippen molar-refractivity contribution in [3.05, 3.63) is 0 Å². The van der Waals surface area contributed by atoms with Gasteiger partial charge in [-0.25, -0.2) is 0 Å². The number of unbranched alkanes of at least 4 members (excludes halogenated alkanes) is 5. The number of carbonyl (C=O) groups is 1. The quantitative estimate of drug-likeness (QED) is 0.345. The highest BCUT2D eigenvalue weighted by Gasteiger charge is 2.18. The second-order valence-electron chi connectivity index (χ2n) is 5.73. The van der Waals surface area contributed by atoms with Crippen LogP contribution in [0.5, 0.6) is 0 Å². The fourth-order valence-corrected chi connectivity index (χ4v) is 2.52. The van der Waals surface area contributed by atoms with Crippen molar-refractivity contribution in [1.29, 1.82) is 0 Å². The zero-order valence-corrected chi connectivity index (χ0v) is 12.5. The molecule has 0 aliphatic rings. The van der Waals surface area contributed by atoms with Crippen molar-refractivity contribution in [2.24, 2.45) is 0 Å². The van der Waals surface area contributed by atoms with Gasteiger partial charge in [-0.1, -0.05) is 58.7 Å². The average Bonchev–Trinajstić information content (AvgIpc) is 2.13. The molecule has 0 rings (SSSR count). The Bertz CT molecular complexity index is 185. The topological polar surface area (TPSA) is 26.3 Å². The van der Waals surface area contributed by atoms with Gasteiger partial charge in [0.25, 0.3) is 0 Å². The SMILES string of the molecule is CCCCCCCCOC(=O)C[Si](C)(C)C. The van der Waals surface area contributed by atoms with Crippen molar-refractivity contribution in [3.8, 4) is 0 Å². The molecule has 0 fully saturated rings. The Kier molecular flexibility index (Phi) is 8.62. The van der Waals surface area contributed by atoms with Crippen molar-refractivity contribution < 1.29 is 9.53 Å². The normalized spacial score (nSPS) is 11.5. The summed E-state index contributed by atoms with van der Waals surface area (Å²) < 4.78 is 5.22. The molecular weight excluding hydrogens is 216 g/mol. The second kappa shape index (κ2) is 8.80. The summed E-state index contributed by atoms with van der Waals surface area (Å²) in [5.41, 5.74) is 0. The van der Waals surface area contributed by atoms with Crippen LogP contribution in [0, 0.1) is 0 Å². The predicted molar refractivity (Wildman–Crippen MR) is 72.5 cm³/mol. The van der Waals surface area contributed by atoms with Crippen molar-refractivity contribution in [2.45, 2.75) is 71.1 Å². The van der Waals surface area contributed by atoms with E-state index in [4.69, 9.17) is 4.74 Å². The van der Waals surface area contributed by atoms with Crippen LogP contribution >= 0.6 is 0 Å². The van der Waals surface area contributed by atoms with Crippen molar-refractivity contribution in [3.63, 3.8) is 0 Å². The lowest BCUT2D eigenvalue weighted by Crippen LogP contribution is -2.25. The van der Waals surface area contributed by atoms with Crippen LogP contribution in [-0.4, -0.2) is 20.7 Å². The summed E-state index contributed by atoms with van der Waals surface area (Å²) in [6.45, 7) is 9.42. The Hall–Kier alpha value is -0.313. The molecule has 0 saturated carbocycles. The van der Waals surface area contributed by atoms with E-state index in [1.165, 1.54) is 32.1 Å². The van der Waals surface area contributed by atoms with Crippen molar-refractivity contribution >= 4 is 14.0 Å². The molecule has 0 unspecified atom stereocenters. The van der Waals surface area contributed by atoms with Gasteiger partial charge in [-0.3, -0.25) is 4.79 Å². The van der Waals surface area contributed by atoms with Gasteiger partial charge in [0, 0.05) is 6.04 Å². The first-order chi connectivity index (χ1) is 7.45. The molecule has 16 heavy (non-hydrogen) atoms. The summed E-state index contributed by atoms with van der Waals surface area (Å²) in [5.74, 6) is 0.00715. The van der Waals surface area contributed by atoms with Gasteiger partial charge in [-0.15, -0.1) is 0 Å². The van der Waals surface area contributed by atoms with Crippen LogP contribution in [0.3, 0.4) is 0 Å². The van der Waals surface area contributed by atoms with E-state index in [0.717, 1.165) is 6.42 Å². The molecule has 0 aromatic carbocycles. The van der Waals surface area contributed by atoms with Gasteiger partial charge in [0.2, 0.25) is 0 Å². The molecule has 0 N–H and O–H groups in total. The summed E-state index contributed by atoms with van der Waals surface area (Å²) in [6, 6.07) is 0.656. The molecule has 0 bridgehead atoms. The van der Waals surface area contributed by atoms with Crippen molar-refractivity contribution in [2.75, 3.05) is 6.61 Å². The summed E-state index contributed by atoms with van der Waals surface area (Å²) in [7, 11) is -1.28. The zero-order valence-electron chi connectivity index (χ0n) is 11.5. The van der Waals surface area contributed by atoms with Gasteiger partial charge in [-0.2, -0.15) is 0 Å². The van der Waals surface area contributed by atoms with Gasteiger partial charge in [0.1, 0.15) is 0 Å². The maximum absolute atomic E-state index is 11.4. The Morgan fingerprint density at radius 2 is 1.56 bits per heavy atom. The Labute approximate surface area is 102 Å². The molecule has 2 nitrogen and oxygen atoms in total. The van der Waals surface area contributed by atoms with Crippen molar-refractivity contribution in [1.82, 2.24) is 0 Å². The van der Waals surface area contributed by atoms with E-state index in [1.54, 1.807) is 0 Å². The lowest BCUT2D eigenvalue weighted by atomic mass is 10.1. The van der Waals surface area contributed by atoms with E-state index in [0.29, 0.717) is 12.7 Å². The first kappa shape index (κ1) is 15.7. The highest BCUT2D eigenvalue weighted by atomic mass is 28.3. The first-order valence-electron chi connectivity index (χ1n) is 6.61. The number of rotatable bonds is 9. The third-order valence-electron chi connectivity index (χ3n) is 2.44. The van der Waals surface area contributed by atoms with Gasteiger partial charge < -0.3 is 4.74 Å². The molecule has 0 heterocycles. The molecule has 0 radical (unpaired) electrons. The van der Waals surface area contributed by atoms with Crippen LogP contribution in [0.1, 0.15) is 45.4 Å². The van der Waals surface area contributed by atoms with E-state index in [-0.39, 0.29) is 5.97 Å². The fraction of sp³-hybridized carbons (Fsp3) is 0.923. The lowest BCUT2D eigenvalue weighted by Gasteiger charge is -2.14. The third-order valence-corrected chi connectivity index (χ3v) is 3.78. The van der Waals surface area contributed by atoms with Gasteiger partial charge in [0.05, 0.1) is 14.7 Å². The molecule has 0 aromatic rings. The minimum atomic E-state index is -1.28. The number of carbonyl (C=O) groups excluding carboxylic acids is 1. The largest absolute Gasteiger partial charge is 0.466 e. The minimum Gasteiger partial charge on any atom is -0.466 e. The number of ether oxygens (including phenoxy) is 1. The third kappa shape index (κ3) is 11.8. The van der Waals surface area contributed by atoms with Gasteiger partial charge >= 0.3 is 5.97 Å². The molecule has 3 heteroatoms.